The second kappa shape index (κ2) is 8.79. The molecule has 0 radical (unpaired) electrons. The number of anilines is 2. The summed E-state index contributed by atoms with van der Waals surface area (Å²) in [6, 6.07) is 2.17. The van der Waals surface area contributed by atoms with Crippen molar-refractivity contribution in [2.45, 2.75) is 52.0 Å². The number of nitrogens with one attached hydrogen (secondary N) is 2. The van der Waals surface area contributed by atoms with Crippen LogP contribution in [0.4, 0.5) is 11.8 Å². The predicted molar refractivity (Wildman–Crippen MR) is 134 cm³/mol. The van der Waals surface area contributed by atoms with Gasteiger partial charge in [-0.1, -0.05) is 0 Å². The number of hydrogen-bond acceptors (Lipinski definition) is 9. The maximum absolute atomic E-state index is 11.8. The molecule has 3 aromatic heterocycles. The van der Waals surface area contributed by atoms with Gasteiger partial charge in [-0.15, -0.1) is 11.3 Å². The number of rotatable bonds is 8. The van der Waals surface area contributed by atoms with Crippen LogP contribution >= 0.6 is 11.3 Å². The Labute approximate surface area is 198 Å². The number of aryl methyl sites for hydroxylation is 2. The first kappa shape index (κ1) is 22.5. The summed E-state index contributed by atoms with van der Waals surface area (Å²) in [5.41, 5.74) is 3.61. The summed E-state index contributed by atoms with van der Waals surface area (Å²) in [6.07, 6.45) is 8.31. The summed E-state index contributed by atoms with van der Waals surface area (Å²) in [7, 11) is -2.97. The lowest BCUT2D eigenvalue weighted by molar-refractivity contribution is 0.560. The molecule has 8 nitrogen and oxygen atoms in total. The van der Waals surface area contributed by atoms with Gasteiger partial charge < -0.3 is 10.6 Å². The summed E-state index contributed by atoms with van der Waals surface area (Å²) in [6.45, 7) is 4.87. The molecule has 2 saturated carbocycles. The summed E-state index contributed by atoms with van der Waals surface area (Å²) in [5.74, 6) is 2.56. The molecule has 5 rings (SSSR count). The number of pyridine rings is 1. The van der Waals surface area contributed by atoms with Gasteiger partial charge in [0.15, 0.2) is 0 Å². The van der Waals surface area contributed by atoms with Crippen molar-refractivity contribution >= 4 is 43.2 Å². The highest BCUT2D eigenvalue weighted by Crippen LogP contribution is 2.38. The maximum atomic E-state index is 11.8. The minimum atomic E-state index is -2.97. The van der Waals surface area contributed by atoms with Crippen LogP contribution in [-0.4, -0.2) is 52.9 Å². The molecule has 0 bridgehead atoms. The highest BCUT2D eigenvalue weighted by atomic mass is 32.2. The van der Waals surface area contributed by atoms with Crippen molar-refractivity contribution in [2.75, 3.05) is 29.2 Å². The van der Waals surface area contributed by atoms with Crippen molar-refractivity contribution in [3.63, 3.8) is 0 Å². The topological polar surface area (TPSA) is 110 Å². The first-order chi connectivity index (χ1) is 15.7. The van der Waals surface area contributed by atoms with E-state index in [1.165, 1.54) is 19.1 Å². The van der Waals surface area contributed by atoms with Crippen LogP contribution < -0.4 is 10.6 Å². The molecule has 2 N–H and O–H groups in total. The van der Waals surface area contributed by atoms with Gasteiger partial charge in [-0.2, -0.15) is 4.98 Å². The van der Waals surface area contributed by atoms with E-state index < -0.39 is 9.84 Å². The van der Waals surface area contributed by atoms with E-state index in [0.717, 1.165) is 69.7 Å². The standard InChI is InChI=1S/C23H30N6O2S2/c1-13-19(22-28-20-14(2)24-9-8-18(20)32-22)21(29-23(26-13)25-11-15-4-5-15)27-17-7-6-16(10-17)12-33(3,30)31/h8-9,15-17H,4-7,10-12H2,1-3H3,(H2,25,26,27,29). The zero-order chi connectivity index (χ0) is 23.2. The van der Waals surface area contributed by atoms with Crippen molar-refractivity contribution in [1.82, 2.24) is 19.9 Å². The zero-order valence-electron chi connectivity index (χ0n) is 19.3. The molecule has 0 aromatic carbocycles. The third-order valence-electron chi connectivity index (χ3n) is 6.46. The molecule has 0 aliphatic heterocycles. The van der Waals surface area contributed by atoms with E-state index in [4.69, 9.17) is 15.0 Å². The van der Waals surface area contributed by atoms with Crippen LogP contribution in [0.5, 0.6) is 0 Å². The third kappa shape index (κ3) is 5.27. The molecule has 3 aromatic rings. The van der Waals surface area contributed by atoms with E-state index in [1.54, 1.807) is 11.3 Å². The Balaban J connectivity index is 1.47. The lowest BCUT2D eigenvalue weighted by Gasteiger charge is -2.18. The smallest absolute Gasteiger partial charge is 0.224 e. The molecule has 10 heteroatoms. The van der Waals surface area contributed by atoms with E-state index in [1.807, 2.05) is 26.1 Å². The Morgan fingerprint density at radius 1 is 1.06 bits per heavy atom. The highest BCUT2D eigenvalue weighted by molar-refractivity contribution is 7.90. The lowest BCUT2D eigenvalue weighted by atomic mass is 10.1. The molecule has 2 aliphatic rings. The van der Waals surface area contributed by atoms with Crippen LogP contribution in [0.1, 0.15) is 43.5 Å². The van der Waals surface area contributed by atoms with Crippen molar-refractivity contribution in [3.05, 3.63) is 23.7 Å². The highest BCUT2D eigenvalue weighted by Gasteiger charge is 2.29. The number of hydrogen-bond donors (Lipinski definition) is 2. The van der Waals surface area contributed by atoms with E-state index in [9.17, 15) is 8.42 Å². The largest absolute Gasteiger partial charge is 0.367 e. The summed E-state index contributed by atoms with van der Waals surface area (Å²) in [4.78, 5) is 18.9. The molecular formula is C23H30N6O2S2. The van der Waals surface area contributed by atoms with Gasteiger partial charge in [-0.25, -0.2) is 18.4 Å². The molecule has 2 unspecified atom stereocenters. The maximum Gasteiger partial charge on any atom is 0.224 e. The summed E-state index contributed by atoms with van der Waals surface area (Å²) >= 11 is 1.62. The van der Waals surface area contributed by atoms with Gasteiger partial charge in [0.1, 0.15) is 26.2 Å². The van der Waals surface area contributed by atoms with E-state index in [-0.39, 0.29) is 17.7 Å². The molecule has 3 heterocycles. The second-order valence-corrected chi connectivity index (χ2v) is 12.8. The summed E-state index contributed by atoms with van der Waals surface area (Å²) in [5, 5.41) is 7.91. The molecule has 2 aliphatic carbocycles. The SMILES string of the molecule is Cc1nc(NCC2CC2)nc(NC2CCC(CS(C)(=O)=O)C2)c1-c1nc2c(C)nccc2s1. The average Bonchev–Trinajstić information content (AvgIpc) is 3.31. The van der Waals surface area contributed by atoms with Crippen molar-refractivity contribution in [1.29, 1.82) is 0 Å². The van der Waals surface area contributed by atoms with Crippen LogP contribution in [0, 0.1) is 25.7 Å². The minimum Gasteiger partial charge on any atom is -0.367 e. The quantitative estimate of drug-likeness (QED) is 0.487. The fourth-order valence-corrected chi connectivity index (χ4v) is 6.91. The Bertz CT molecular complexity index is 1290. The molecule has 2 atom stereocenters. The van der Waals surface area contributed by atoms with Gasteiger partial charge in [0, 0.05) is 25.0 Å². The number of sulfone groups is 1. The van der Waals surface area contributed by atoms with Gasteiger partial charge in [-0.3, -0.25) is 4.98 Å². The number of aromatic nitrogens is 4. The Hall–Kier alpha value is -2.33. The first-order valence-electron chi connectivity index (χ1n) is 11.5. The Morgan fingerprint density at radius 3 is 2.58 bits per heavy atom. The van der Waals surface area contributed by atoms with Crippen LogP contribution in [-0.2, 0) is 9.84 Å². The van der Waals surface area contributed by atoms with Crippen molar-refractivity contribution in [2.24, 2.45) is 11.8 Å². The molecule has 0 amide bonds. The molecule has 33 heavy (non-hydrogen) atoms. The third-order valence-corrected chi connectivity index (χ3v) is 8.58. The van der Waals surface area contributed by atoms with E-state index >= 15 is 0 Å². The van der Waals surface area contributed by atoms with Gasteiger partial charge in [-0.05, 0) is 63.9 Å². The zero-order valence-corrected chi connectivity index (χ0v) is 20.9. The number of nitrogens with zero attached hydrogens (tertiary/aromatic N) is 4. The van der Waals surface area contributed by atoms with Crippen molar-refractivity contribution < 1.29 is 8.42 Å². The molecule has 176 valence electrons. The predicted octanol–water partition coefficient (Wildman–Crippen LogP) is 4.21. The average molecular weight is 487 g/mol. The van der Waals surface area contributed by atoms with E-state index in [2.05, 4.69) is 15.6 Å². The summed E-state index contributed by atoms with van der Waals surface area (Å²) < 4.78 is 24.6. The van der Waals surface area contributed by atoms with Gasteiger partial charge in [0.05, 0.1) is 27.4 Å². The lowest BCUT2D eigenvalue weighted by Crippen LogP contribution is -2.20. The van der Waals surface area contributed by atoms with E-state index in [0.29, 0.717) is 5.95 Å². The molecule has 0 spiro atoms. The Kier molecular flexibility index (Phi) is 5.98. The van der Waals surface area contributed by atoms with Gasteiger partial charge in [0.2, 0.25) is 5.95 Å². The molecule has 0 saturated heterocycles. The fourth-order valence-electron chi connectivity index (χ4n) is 4.64. The second-order valence-electron chi connectivity index (χ2n) is 9.56. The van der Waals surface area contributed by atoms with Crippen LogP contribution in [0.15, 0.2) is 12.3 Å². The monoisotopic (exact) mass is 486 g/mol. The molecular weight excluding hydrogens is 456 g/mol. The minimum absolute atomic E-state index is 0.180. The van der Waals surface area contributed by atoms with Crippen LogP contribution in [0.25, 0.3) is 20.8 Å². The van der Waals surface area contributed by atoms with Crippen LogP contribution in [0.3, 0.4) is 0 Å². The van der Waals surface area contributed by atoms with Gasteiger partial charge in [0.25, 0.3) is 0 Å². The van der Waals surface area contributed by atoms with Gasteiger partial charge >= 0.3 is 0 Å². The molecule has 2 fully saturated rings. The first-order valence-corrected chi connectivity index (χ1v) is 14.4. The Morgan fingerprint density at radius 2 is 1.85 bits per heavy atom. The number of thiazole rings is 1. The fraction of sp³-hybridized carbons (Fsp3) is 0.565. The van der Waals surface area contributed by atoms with Crippen molar-refractivity contribution in [3.8, 4) is 10.6 Å². The van der Waals surface area contributed by atoms with Crippen LogP contribution in [0.2, 0.25) is 0 Å². The normalized spacial score (nSPS) is 20.9. The number of fused-ring (bicyclic) bond motifs is 1.